The van der Waals surface area contributed by atoms with Crippen molar-refractivity contribution in [1.29, 1.82) is 0 Å². The van der Waals surface area contributed by atoms with Gasteiger partial charge in [0.1, 0.15) is 5.82 Å². The molecule has 2 rings (SSSR count). The molecule has 0 aliphatic rings. The lowest BCUT2D eigenvalue weighted by molar-refractivity contribution is 0.186. The highest BCUT2D eigenvalue weighted by molar-refractivity contribution is 6.17. The second-order valence-electron chi connectivity index (χ2n) is 4.33. The van der Waals surface area contributed by atoms with Crippen molar-refractivity contribution in [1.82, 2.24) is 4.57 Å². The summed E-state index contributed by atoms with van der Waals surface area (Å²) < 4.78 is 19.6. The summed E-state index contributed by atoms with van der Waals surface area (Å²) in [5.74, 6) is -0.146. The van der Waals surface area contributed by atoms with E-state index in [1.54, 1.807) is 29.9 Å². The molecule has 0 saturated heterocycles. The fourth-order valence-corrected chi connectivity index (χ4v) is 2.21. The van der Waals surface area contributed by atoms with E-state index in [1.807, 2.05) is 6.07 Å². The predicted octanol–water partition coefficient (Wildman–Crippen LogP) is 3.04. The molecule has 0 radical (unpaired) electrons. The van der Waals surface area contributed by atoms with Crippen molar-refractivity contribution < 1.29 is 9.13 Å². The molecule has 0 N–H and O–H groups in total. The van der Waals surface area contributed by atoms with Gasteiger partial charge in [0.25, 0.3) is 5.56 Å². The largest absolute Gasteiger partial charge is 0.383 e. The third kappa shape index (κ3) is 3.08. The van der Waals surface area contributed by atoms with Crippen LogP contribution in [0.1, 0.15) is 5.56 Å². The van der Waals surface area contributed by atoms with Crippen LogP contribution in [0, 0.1) is 5.82 Å². The van der Waals surface area contributed by atoms with Crippen molar-refractivity contribution in [2.75, 3.05) is 13.7 Å². The van der Waals surface area contributed by atoms with E-state index in [2.05, 4.69) is 0 Å². The SMILES string of the molecule is COCCn1c(-c2ccc(F)cc2)ccc(CCl)c1=O. The number of methoxy groups -OCH3 is 1. The van der Waals surface area contributed by atoms with Crippen LogP contribution in [0.5, 0.6) is 0 Å². The maximum Gasteiger partial charge on any atom is 0.255 e. The minimum atomic E-state index is -0.308. The van der Waals surface area contributed by atoms with E-state index in [9.17, 15) is 9.18 Å². The zero-order chi connectivity index (χ0) is 14.5. The van der Waals surface area contributed by atoms with Gasteiger partial charge in [0.15, 0.2) is 0 Å². The third-order valence-corrected chi connectivity index (χ3v) is 3.34. The fraction of sp³-hybridized carbons (Fsp3) is 0.267. The van der Waals surface area contributed by atoms with E-state index < -0.39 is 0 Å². The first-order valence-corrected chi connectivity index (χ1v) is 6.74. The Hall–Kier alpha value is -1.65. The fourth-order valence-electron chi connectivity index (χ4n) is 2.00. The maximum atomic E-state index is 13.0. The van der Waals surface area contributed by atoms with Crippen LogP contribution in [0.2, 0.25) is 0 Å². The number of rotatable bonds is 5. The molecular formula is C15H15ClFNO2. The van der Waals surface area contributed by atoms with Gasteiger partial charge in [-0.25, -0.2) is 4.39 Å². The lowest BCUT2D eigenvalue weighted by Crippen LogP contribution is -2.26. The van der Waals surface area contributed by atoms with Crippen molar-refractivity contribution in [2.24, 2.45) is 0 Å². The molecular weight excluding hydrogens is 281 g/mol. The zero-order valence-corrected chi connectivity index (χ0v) is 11.9. The van der Waals surface area contributed by atoms with Gasteiger partial charge in [-0.05, 0) is 35.9 Å². The topological polar surface area (TPSA) is 31.2 Å². The maximum absolute atomic E-state index is 13.0. The van der Waals surface area contributed by atoms with Gasteiger partial charge in [0.05, 0.1) is 18.2 Å². The summed E-state index contributed by atoms with van der Waals surface area (Å²) in [5, 5.41) is 0. The molecule has 0 bridgehead atoms. The molecule has 106 valence electrons. The number of halogens is 2. The summed E-state index contributed by atoms with van der Waals surface area (Å²) in [6.07, 6.45) is 0. The van der Waals surface area contributed by atoms with Crippen molar-refractivity contribution >= 4 is 11.6 Å². The van der Waals surface area contributed by atoms with Gasteiger partial charge >= 0.3 is 0 Å². The number of ether oxygens (including phenoxy) is 1. The third-order valence-electron chi connectivity index (χ3n) is 3.06. The molecule has 0 fully saturated rings. The molecule has 0 aliphatic carbocycles. The molecule has 20 heavy (non-hydrogen) atoms. The van der Waals surface area contributed by atoms with E-state index in [1.165, 1.54) is 12.1 Å². The van der Waals surface area contributed by atoms with Gasteiger partial charge in [-0.15, -0.1) is 11.6 Å². The van der Waals surface area contributed by atoms with Crippen LogP contribution in [0.4, 0.5) is 4.39 Å². The molecule has 1 aromatic heterocycles. The van der Waals surface area contributed by atoms with Crippen LogP contribution in [-0.2, 0) is 17.2 Å². The van der Waals surface area contributed by atoms with Crippen LogP contribution in [0.25, 0.3) is 11.3 Å². The Bertz CT molecular complexity index is 637. The average molecular weight is 296 g/mol. The number of pyridine rings is 1. The standard InChI is InChI=1S/C15H15ClFNO2/c1-20-9-8-18-14(7-4-12(10-16)15(18)19)11-2-5-13(17)6-3-11/h2-7H,8-10H2,1H3. The Morgan fingerprint density at radius 1 is 1.20 bits per heavy atom. The van der Waals surface area contributed by atoms with Gasteiger partial charge in [0.2, 0.25) is 0 Å². The first kappa shape index (κ1) is 14.8. The molecule has 0 amide bonds. The normalized spacial score (nSPS) is 10.8. The molecule has 0 spiro atoms. The summed E-state index contributed by atoms with van der Waals surface area (Å²) >= 11 is 5.76. The van der Waals surface area contributed by atoms with Crippen molar-refractivity contribution in [2.45, 2.75) is 12.4 Å². The van der Waals surface area contributed by atoms with Gasteiger partial charge < -0.3 is 9.30 Å². The first-order valence-electron chi connectivity index (χ1n) is 6.21. The minimum absolute atomic E-state index is 0.140. The van der Waals surface area contributed by atoms with Crippen LogP contribution in [-0.4, -0.2) is 18.3 Å². The molecule has 1 aromatic carbocycles. The molecule has 5 heteroatoms. The number of hydrogen-bond donors (Lipinski definition) is 0. The summed E-state index contributed by atoms with van der Waals surface area (Å²) in [5.41, 5.74) is 1.90. The van der Waals surface area contributed by atoms with Gasteiger partial charge in [-0.1, -0.05) is 6.07 Å². The predicted molar refractivity (Wildman–Crippen MR) is 77.5 cm³/mol. The van der Waals surface area contributed by atoms with Crippen molar-refractivity contribution in [3.63, 3.8) is 0 Å². The van der Waals surface area contributed by atoms with Gasteiger partial charge in [-0.2, -0.15) is 0 Å². The Labute approximate surface area is 121 Å². The van der Waals surface area contributed by atoms with Crippen LogP contribution in [0.3, 0.4) is 0 Å². The summed E-state index contributed by atoms with van der Waals surface area (Å²) in [7, 11) is 1.58. The Kier molecular flexibility index (Phi) is 4.93. The van der Waals surface area contributed by atoms with Crippen LogP contribution < -0.4 is 5.56 Å². The monoisotopic (exact) mass is 295 g/mol. The molecule has 0 atom stereocenters. The molecule has 0 saturated carbocycles. The molecule has 0 unspecified atom stereocenters. The van der Waals surface area contributed by atoms with Crippen LogP contribution in [0.15, 0.2) is 41.2 Å². The smallest absolute Gasteiger partial charge is 0.255 e. The van der Waals surface area contributed by atoms with E-state index in [0.29, 0.717) is 18.7 Å². The zero-order valence-electron chi connectivity index (χ0n) is 11.1. The Morgan fingerprint density at radius 3 is 2.50 bits per heavy atom. The highest BCUT2D eigenvalue weighted by Crippen LogP contribution is 2.19. The number of benzene rings is 1. The van der Waals surface area contributed by atoms with Crippen molar-refractivity contribution in [3.8, 4) is 11.3 Å². The van der Waals surface area contributed by atoms with E-state index in [4.69, 9.17) is 16.3 Å². The molecule has 1 heterocycles. The van der Waals surface area contributed by atoms with E-state index in [0.717, 1.165) is 11.3 Å². The average Bonchev–Trinajstić information content (AvgIpc) is 2.47. The lowest BCUT2D eigenvalue weighted by atomic mass is 10.1. The summed E-state index contributed by atoms with van der Waals surface area (Å²) in [4.78, 5) is 12.3. The number of aromatic nitrogens is 1. The molecule has 2 aromatic rings. The number of hydrogen-bond acceptors (Lipinski definition) is 2. The van der Waals surface area contributed by atoms with E-state index >= 15 is 0 Å². The van der Waals surface area contributed by atoms with Crippen LogP contribution >= 0.6 is 11.6 Å². The minimum Gasteiger partial charge on any atom is -0.383 e. The Balaban J connectivity index is 2.54. The highest BCUT2D eigenvalue weighted by atomic mass is 35.5. The van der Waals surface area contributed by atoms with Gasteiger partial charge in [0, 0.05) is 19.2 Å². The highest BCUT2D eigenvalue weighted by Gasteiger charge is 2.10. The second kappa shape index (κ2) is 6.68. The quantitative estimate of drug-likeness (QED) is 0.794. The first-order chi connectivity index (χ1) is 9.67. The lowest BCUT2D eigenvalue weighted by Gasteiger charge is -2.14. The second-order valence-corrected chi connectivity index (χ2v) is 4.60. The number of alkyl halides is 1. The summed E-state index contributed by atoms with van der Waals surface area (Å²) in [6, 6.07) is 9.56. The summed E-state index contributed by atoms with van der Waals surface area (Å²) in [6.45, 7) is 0.840. The number of nitrogens with zero attached hydrogens (tertiary/aromatic N) is 1. The van der Waals surface area contributed by atoms with E-state index in [-0.39, 0.29) is 17.3 Å². The Morgan fingerprint density at radius 2 is 1.90 bits per heavy atom. The molecule has 0 aliphatic heterocycles. The van der Waals surface area contributed by atoms with Crippen molar-refractivity contribution in [3.05, 3.63) is 58.1 Å². The molecule has 3 nitrogen and oxygen atoms in total. The van der Waals surface area contributed by atoms with Gasteiger partial charge in [-0.3, -0.25) is 4.79 Å².